The number of amides is 2. The second kappa shape index (κ2) is 5.84. The number of piperidine rings is 1. The van der Waals surface area contributed by atoms with Gasteiger partial charge in [0, 0.05) is 32.1 Å². The van der Waals surface area contributed by atoms with Crippen LogP contribution in [0.25, 0.3) is 0 Å². The Labute approximate surface area is 123 Å². The van der Waals surface area contributed by atoms with Gasteiger partial charge in [-0.3, -0.25) is 9.59 Å². The molecule has 0 bridgehead atoms. The lowest BCUT2D eigenvalue weighted by Crippen LogP contribution is -2.47. The summed E-state index contributed by atoms with van der Waals surface area (Å²) < 4.78 is 13.7. The zero-order chi connectivity index (χ0) is 14.8. The van der Waals surface area contributed by atoms with Crippen LogP contribution in [0.5, 0.6) is 0 Å². The Morgan fingerprint density at radius 3 is 2.48 bits per heavy atom. The molecule has 2 fully saturated rings. The molecule has 0 aromatic heterocycles. The van der Waals surface area contributed by atoms with E-state index in [-0.39, 0.29) is 23.4 Å². The molecule has 2 aliphatic rings. The average Bonchev–Trinajstić information content (AvgIpc) is 2.93. The fourth-order valence-corrected chi connectivity index (χ4v) is 3.24. The van der Waals surface area contributed by atoms with Crippen LogP contribution in [-0.2, 0) is 4.79 Å². The number of hydrogen-bond acceptors (Lipinski definition) is 2. The van der Waals surface area contributed by atoms with Crippen LogP contribution in [0.4, 0.5) is 4.39 Å². The molecule has 2 heterocycles. The number of likely N-dealkylation sites (tertiary alicyclic amines) is 2. The summed E-state index contributed by atoms with van der Waals surface area (Å²) in [7, 11) is 0. The molecular formula is C16H19FN2O2. The highest BCUT2D eigenvalue weighted by atomic mass is 19.1. The van der Waals surface area contributed by atoms with Crippen molar-refractivity contribution in [3.63, 3.8) is 0 Å². The van der Waals surface area contributed by atoms with Crippen molar-refractivity contribution in [2.45, 2.75) is 31.7 Å². The first kappa shape index (κ1) is 14.0. The van der Waals surface area contributed by atoms with Gasteiger partial charge in [-0.2, -0.15) is 0 Å². The Morgan fingerprint density at radius 1 is 1.14 bits per heavy atom. The van der Waals surface area contributed by atoms with Gasteiger partial charge in [0.05, 0.1) is 5.56 Å². The smallest absolute Gasteiger partial charge is 0.256 e. The van der Waals surface area contributed by atoms with E-state index >= 15 is 0 Å². The maximum atomic E-state index is 13.7. The van der Waals surface area contributed by atoms with Gasteiger partial charge in [-0.1, -0.05) is 12.1 Å². The maximum absolute atomic E-state index is 13.7. The van der Waals surface area contributed by atoms with Crippen molar-refractivity contribution in [1.29, 1.82) is 0 Å². The first-order valence-corrected chi connectivity index (χ1v) is 7.50. The van der Waals surface area contributed by atoms with E-state index in [4.69, 9.17) is 0 Å². The van der Waals surface area contributed by atoms with E-state index < -0.39 is 5.82 Å². The van der Waals surface area contributed by atoms with Crippen LogP contribution < -0.4 is 0 Å². The Hall–Kier alpha value is -1.91. The lowest BCUT2D eigenvalue weighted by molar-refractivity contribution is -0.130. The molecule has 5 heteroatoms. The van der Waals surface area contributed by atoms with Crippen molar-refractivity contribution in [3.8, 4) is 0 Å². The molecule has 0 aliphatic carbocycles. The van der Waals surface area contributed by atoms with Crippen molar-refractivity contribution in [2.24, 2.45) is 0 Å². The normalized spacial score (nSPS) is 20.1. The van der Waals surface area contributed by atoms with E-state index in [1.54, 1.807) is 17.0 Å². The largest absolute Gasteiger partial charge is 0.340 e. The lowest BCUT2D eigenvalue weighted by atomic mass is 10.0. The number of carbonyl (C=O) groups is 2. The second-order valence-corrected chi connectivity index (χ2v) is 5.69. The first-order valence-electron chi connectivity index (χ1n) is 7.50. The minimum absolute atomic E-state index is 0.133. The Morgan fingerprint density at radius 2 is 1.86 bits per heavy atom. The third kappa shape index (κ3) is 2.77. The van der Waals surface area contributed by atoms with Crippen LogP contribution in [0.15, 0.2) is 24.3 Å². The molecule has 21 heavy (non-hydrogen) atoms. The highest BCUT2D eigenvalue weighted by molar-refractivity contribution is 5.94. The van der Waals surface area contributed by atoms with Crippen molar-refractivity contribution in [1.82, 2.24) is 9.80 Å². The van der Waals surface area contributed by atoms with E-state index in [9.17, 15) is 14.0 Å². The standard InChI is InChI=1S/C16H19FN2O2/c17-14-5-2-1-4-13(14)16(21)18-10-7-12(8-11-18)19-9-3-6-15(19)20/h1-2,4-5,12H,3,6-11H2. The van der Waals surface area contributed by atoms with Gasteiger partial charge in [0.2, 0.25) is 5.91 Å². The predicted octanol–water partition coefficient (Wildman–Crippen LogP) is 2.05. The van der Waals surface area contributed by atoms with Crippen LogP contribution >= 0.6 is 0 Å². The minimum Gasteiger partial charge on any atom is -0.340 e. The summed E-state index contributed by atoms with van der Waals surface area (Å²) in [4.78, 5) is 27.7. The summed E-state index contributed by atoms with van der Waals surface area (Å²) in [5.74, 6) is -0.493. The van der Waals surface area contributed by atoms with Gasteiger partial charge >= 0.3 is 0 Å². The average molecular weight is 290 g/mol. The van der Waals surface area contributed by atoms with Crippen molar-refractivity contribution in [2.75, 3.05) is 19.6 Å². The molecule has 0 spiro atoms. The fraction of sp³-hybridized carbons (Fsp3) is 0.500. The zero-order valence-corrected chi connectivity index (χ0v) is 11.9. The van der Waals surface area contributed by atoms with Crippen molar-refractivity contribution in [3.05, 3.63) is 35.6 Å². The molecule has 4 nitrogen and oxygen atoms in total. The molecule has 0 radical (unpaired) electrons. The quantitative estimate of drug-likeness (QED) is 0.836. The summed E-state index contributed by atoms with van der Waals surface area (Å²) in [6.45, 7) is 2.01. The zero-order valence-electron chi connectivity index (χ0n) is 11.9. The number of hydrogen-bond donors (Lipinski definition) is 0. The highest BCUT2D eigenvalue weighted by Gasteiger charge is 2.32. The molecule has 2 saturated heterocycles. The van der Waals surface area contributed by atoms with Gasteiger partial charge in [-0.05, 0) is 31.4 Å². The fourth-order valence-electron chi connectivity index (χ4n) is 3.24. The highest BCUT2D eigenvalue weighted by Crippen LogP contribution is 2.23. The van der Waals surface area contributed by atoms with Gasteiger partial charge in [0.25, 0.3) is 5.91 Å². The SMILES string of the molecule is O=C(c1ccccc1F)N1CCC(N2CCCC2=O)CC1. The van der Waals surface area contributed by atoms with Crippen LogP contribution in [-0.4, -0.2) is 47.3 Å². The lowest BCUT2D eigenvalue weighted by Gasteiger charge is -2.36. The maximum Gasteiger partial charge on any atom is 0.256 e. The van der Waals surface area contributed by atoms with E-state index in [1.807, 2.05) is 4.90 Å². The van der Waals surface area contributed by atoms with E-state index in [0.29, 0.717) is 19.5 Å². The van der Waals surface area contributed by atoms with Gasteiger partial charge in [0.15, 0.2) is 0 Å². The third-order valence-corrected chi connectivity index (χ3v) is 4.41. The molecule has 1 aromatic carbocycles. The topological polar surface area (TPSA) is 40.6 Å². The van der Waals surface area contributed by atoms with E-state index in [2.05, 4.69) is 0 Å². The Kier molecular flexibility index (Phi) is 3.90. The Balaban J connectivity index is 1.62. The molecular weight excluding hydrogens is 271 g/mol. The second-order valence-electron chi connectivity index (χ2n) is 5.69. The first-order chi connectivity index (χ1) is 10.2. The number of benzene rings is 1. The third-order valence-electron chi connectivity index (χ3n) is 4.41. The molecule has 2 amide bonds. The van der Waals surface area contributed by atoms with Crippen molar-refractivity contribution >= 4 is 11.8 Å². The molecule has 0 unspecified atom stereocenters. The molecule has 2 aliphatic heterocycles. The molecule has 0 N–H and O–H groups in total. The number of carbonyl (C=O) groups excluding carboxylic acids is 2. The monoisotopic (exact) mass is 290 g/mol. The van der Waals surface area contributed by atoms with Gasteiger partial charge < -0.3 is 9.80 Å². The van der Waals surface area contributed by atoms with E-state index in [1.165, 1.54) is 12.1 Å². The van der Waals surface area contributed by atoms with Gasteiger partial charge in [0.1, 0.15) is 5.82 Å². The predicted molar refractivity (Wildman–Crippen MR) is 76.3 cm³/mol. The summed E-state index contributed by atoms with van der Waals surface area (Å²) in [6.07, 6.45) is 3.15. The molecule has 3 rings (SSSR count). The molecule has 0 saturated carbocycles. The summed E-state index contributed by atoms with van der Waals surface area (Å²) >= 11 is 0. The van der Waals surface area contributed by atoms with Crippen LogP contribution in [0.3, 0.4) is 0 Å². The van der Waals surface area contributed by atoms with Gasteiger partial charge in [-0.25, -0.2) is 4.39 Å². The summed E-state index contributed by atoms with van der Waals surface area (Å²) in [6, 6.07) is 6.32. The van der Waals surface area contributed by atoms with Crippen LogP contribution in [0, 0.1) is 5.82 Å². The number of rotatable bonds is 2. The number of nitrogens with zero attached hydrogens (tertiary/aromatic N) is 2. The summed E-state index contributed by atoms with van der Waals surface area (Å²) in [5, 5.41) is 0. The van der Waals surface area contributed by atoms with Crippen LogP contribution in [0.1, 0.15) is 36.0 Å². The van der Waals surface area contributed by atoms with E-state index in [0.717, 1.165) is 25.8 Å². The van der Waals surface area contributed by atoms with Crippen LogP contribution in [0.2, 0.25) is 0 Å². The van der Waals surface area contributed by atoms with Gasteiger partial charge in [-0.15, -0.1) is 0 Å². The number of halogens is 1. The molecule has 112 valence electrons. The molecule has 1 aromatic rings. The van der Waals surface area contributed by atoms with Crippen molar-refractivity contribution < 1.29 is 14.0 Å². The Bertz CT molecular complexity index is 553. The molecule has 0 atom stereocenters. The minimum atomic E-state index is -0.473. The summed E-state index contributed by atoms with van der Waals surface area (Å²) in [5.41, 5.74) is 0.133.